The van der Waals surface area contributed by atoms with E-state index < -0.39 is 30.2 Å². The number of hydrogen-bond acceptors (Lipinski definition) is 5. The topological polar surface area (TPSA) is 80.8 Å². The number of ketones is 1. The van der Waals surface area contributed by atoms with Gasteiger partial charge >= 0.3 is 5.97 Å². The lowest BCUT2D eigenvalue weighted by molar-refractivity contribution is -0.160. The smallest absolute Gasteiger partial charge is 0.330 e. The number of esters is 1. The Hall–Kier alpha value is -2.57. The molecule has 0 radical (unpaired) electrons. The zero-order chi connectivity index (χ0) is 20.9. The molecule has 2 saturated carbocycles. The summed E-state index contributed by atoms with van der Waals surface area (Å²) in [6.07, 6.45) is 2.84. The molecule has 154 valence electrons. The van der Waals surface area contributed by atoms with Crippen LogP contribution in [-0.4, -0.2) is 41.1 Å². The minimum absolute atomic E-state index is 0.222. The van der Waals surface area contributed by atoms with Crippen LogP contribution in [0.4, 0.5) is 4.39 Å². The second-order valence-corrected chi connectivity index (χ2v) is 8.66. The maximum atomic E-state index is 13.0. The maximum absolute atomic E-state index is 13.0. The van der Waals surface area contributed by atoms with E-state index in [2.05, 4.69) is 0 Å². The molecule has 1 aromatic carbocycles. The van der Waals surface area contributed by atoms with E-state index in [0.29, 0.717) is 0 Å². The first-order valence-electron chi connectivity index (χ1n) is 10.1. The van der Waals surface area contributed by atoms with Crippen LogP contribution in [0.2, 0.25) is 0 Å². The maximum Gasteiger partial charge on any atom is 0.330 e. The van der Waals surface area contributed by atoms with Crippen molar-refractivity contribution < 1.29 is 28.3 Å². The molecule has 6 nitrogen and oxygen atoms in total. The average molecular weight is 401 g/mol. The van der Waals surface area contributed by atoms with E-state index in [1.165, 1.54) is 12.1 Å². The molecular weight excluding hydrogens is 377 g/mol. The molecule has 1 saturated heterocycles. The molecule has 0 aromatic heterocycles. The van der Waals surface area contributed by atoms with Crippen molar-refractivity contribution in [1.82, 2.24) is 4.90 Å². The summed E-state index contributed by atoms with van der Waals surface area (Å²) in [4.78, 5) is 52.1. The van der Waals surface area contributed by atoms with Gasteiger partial charge in [0.15, 0.2) is 12.4 Å². The predicted molar refractivity (Wildman–Crippen MR) is 100.0 cm³/mol. The third kappa shape index (κ3) is 3.26. The van der Waals surface area contributed by atoms with Crippen LogP contribution >= 0.6 is 0 Å². The van der Waals surface area contributed by atoms with Crippen molar-refractivity contribution in [3.05, 3.63) is 35.6 Å². The van der Waals surface area contributed by atoms with Gasteiger partial charge in [-0.3, -0.25) is 19.3 Å². The number of Topliss-reactive ketones (excluding diaryl/α,β-unsaturated/α-hetero) is 1. The molecule has 5 atom stereocenters. The Morgan fingerprint density at radius 2 is 1.62 bits per heavy atom. The van der Waals surface area contributed by atoms with Crippen molar-refractivity contribution in [3.63, 3.8) is 0 Å². The van der Waals surface area contributed by atoms with Gasteiger partial charge < -0.3 is 4.74 Å². The first-order valence-corrected chi connectivity index (χ1v) is 10.1. The van der Waals surface area contributed by atoms with E-state index in [0.717, 1.165) is 36.3 Å². The molecular formula is C22H24FNO5. The summed E-state index contributed by atoms with van der Waals surface area (Å²) in [7, 11) is 0. The Kier molecular flexibility index (Phi) is 5.00. The molecule has 2 amide bonds. The number of ether oxygens (including phenoxy) is 1. The van der Waals surface area contributed by atoms with Gasteiger partial charge in [0.1, 0.15) is 11.9 Å². The first kappa shape index (κ1) is 19.7. The van der Waals surface area contributed by atoms with Crippen molar-refractivity contribution in [2.75, 3.05) is 6.61 Å². The van der Waals surface area contributed by atoms with Gasteiger partial charge in [0.25, 0.3) is 0 Å². The van der Waals surface area contributed by atoms with Gasteiger partial charge in [0.05, 0.1) is 11.8 Å². The predicted octanol–water partition coefficient (Wildman–Crippen LogP) is 2.61. The highest BCUT2D eigenvalue weighted by Gasteiger charge is 2.62. The van der Waals surface area contributed by atoms with Gasteiger partial charge in [-0.25, -0.2) is 9.18 Å². The molecule has 1 aromatic rings. The Morgan fingerprint density at radius 3 is 2.14 bits per heavy atom. The van der Waals surface area contributed by atoms with Crippen LogP contribution in [-0.2, 0) is 19.1 Å². The van der Waals surface area contributed by atoms with E-state index in [9.17, 15) is 23.6 Å². The number of hydrogen-bond donors (Lipinski definition) is 0. The molecule has 2 aliphatic carbocycles. The van der Waals surface area contributed by atoms with Crippen LogP contribution in [0.5, 0.6) is 0 Å². The highest BCUT2D eigenvalue weighted by atomic mass is 19.1. The number of amides is 2. The van der Waals surface area contributed by atoms with Crippen LogP contribution < -0.4 is 0 Å². The average Bonchev–Trinajstić information content (AvgIpc) is 3.36. The van der Waals surface area contributed by atoms with Gasteiger partial charge in [0.2, 0.25) is 11.8 Å². The van der Waals surface area contributed by atoms with Crippen LogP contribution in [0.1, 0.15) is 43.5 Å². The minimum Gasteiger partial charge on any atom is -0.456 e. The molecule has 1 aliphatic heterocycles. The second kappa shape index (κ2) is 7.35. The van der Waals surface area contributed by atoms with Crippen LogP contribution in [0, 0.1) is 35.4 Å². The Morgan fingerprint density at radius 1 is 1.07 bits per heavy atom. The lowest BCUT2D eigenvalue weighted by Gasteiger charge is -2.28. The number of imide groups is 1. The number of nitrogens with zero attached hydrogens (tertiary/aromatic N) is 1. The number of carbonyl (C=O) groups excluding carboxylic acids is 4. The molecule has 2 bridgehead atoms. The van der Waals surface area contributed by atoms with Gasteiger partial charge in [-0.15, -0.1) is 0 Å². The number of halogens is 1. The molecule has 1 heterocycles. The van der Waals surface area contributed by atoms with Crippen molar-refractivity contribution in [1.29, 1.82) is 0 Å². The molecule has 3 fully saturated rings. The molecule has 0 unspecified atom stereocenters. The lowest BCUT2D eigenvalue weighted by atomic mass is 9.81. The zero-order valence-corrected chi connectivity index (χ0v) is 16.5. The fraction of sp³-hybridized carbons (Fsp3) is 0.545. The summed E-state index contributed by atoms with van der Waals surface area (Å²) in [6, 6.07) is 3.90. The summed E-state index contributed by atoms with van der Waals surface area (Å²) in [5, 5.41) is 0. The molecule has 7 heteroatoms. The second-order valence-electron chi connectivity index (χ2n) is 8.66. The molecule has 0 spiro atoms. The fourth-order valence-corrected chi connectivity index (χ4v) is 5.32. The van der Waals surface area contributed by atoms with Gasteiger partial charge in [-0.1, -0.05) is 13.8 Å². The summed E-state index contributed by atoms with van der Waals surface area (Å²) in [5.74, 6) is -2.74. The van der Waals surface area contributed by atoms with Gasteiger partial charge in [0, 0.05) is 5.56 Å². The Labute approximate surface area is 168 Å². The van der Waals surface area contributed by atoms with Gasteiger partial charge in [-0.05, 0) is 61.3 Å². The Balaban J connectivity index is 1.47. The van der Waals surface area contributed by atoms with Crippen LogP contribution in [0.25, 0.3) is 0 Å². The first-order chi connectivity index (χ1) is 13.8. The van der Waals surface area contributed by atoms with E-state index in [4.69, 9.17) is 4.74 Å². The largest absolute Gasteiger partial charge is 0.456 e. The highest BCUT2D eigenvalue weighted by Crippen LogP contribution is 2.56. The third-order valence-electron chi connectivity index (χ3n) is 6.62. The van der Waals surface area contributed by atoms with Crippen molar-refractivity contribution in [2.24, 2.45) is 29.6 Å². The van der Waals surface area contributed by atoms with Crippen molar-refractivity contribution in [3.8, 4) is 0 Å². The van der Waals surface area contributed by atoms with E-state index in [1.807, 2.05) is 0 Å². The molecule has 0 N–H and O–H groups in total. The van der Waals surface area contributed by atoms with Crippen LogP contribution in [0.3, 0.4) is 0 Å². The normalized spacial score (nSPS) is 28.8. The van der Waals surface area contributed by atoms with Crippen molar-refractivity contribution >= 4 is 23.6 Å². The SMILES string of the molecule is CC(C)[C@H](C(=O)OCC(=O)c1ccc(F)cc1)N1C(=O)[C@@H]2[C@@H]3CC[C@H](C3)[C@@H]2C1=O. The standard InChI is InChI=1S/C22H24FNO5/c1-11(2)19(22(28)29-10-16(25)12-5-7-15(23)8-6-12)24-20(26)17-13-3-4-14(9-13)18(17)21(24)27/h5-8,11,13-14,17-19H,3-4,9-10H2,1-2H3/t13-,14-,17-,18+,19-/m1/s1. The number of benzene rings is 1. The Bertz CT molecular complexity index is 836. The zero-order valence-electron chi connectivity index (χ0n) is 16.5. The van der Waals surface area contributed by atoms with Crippen LogP contribution in [0.15, 0.2) is 24.3 Å². The molecule has 29 heavy (non-hydrogen) atoms. The summed E-state index contributed by atoms with van der Waals surface area (Å²) >= 11 is 0. The molecule has 4 rings (SSSR count). The highest BCUT2D eigenvalue weighted by molar-refractivity contribution is 6.09. The number of likely N-dealkylation sites (tertiary alicyclic amines) is 1. The summed E-state index contributed by atoms with van der Waals surface area (Å²) in [6.45, 7) is 2.97. The quantitative estimate of drug-likeness (QED) is 0.416. The number of fused-ring (bicyclic) bond motifs is 5. The minimum atomic E-state index is -1.04. The van der Waals surface area contributed by atoms with E-state index in [-0.39, 0.29) is 47.0 Å². The lowest BCUT2D eigenvalue weighted by Crippen LogP contribution is -2.50. The number of carbonyl (C=O) groups is 4. The summed E-state index contributed by atoms with van der Waals surface area (Å²) in [5.41, 5.74) is 0.222. The molecule has 3 aliphatic rings. The third-order valence-corrected chi connectivity index (χ3v) is 6.62. The summed E-state index contributed by atoms with van der Waals surface area (Å²) < 4.78 is 18.2. The monoisotopic (exact) mass is 401 g/mol. The number of rotatable bonds is 6. The van der Waals surface area contributed by atoms with Gasteiger partial charge in [-0.2, -0.15) is 0 Å². The van der Waals surface area contributed by atoms with E-state index >= 15 is 0 Å². The van der Waals surface area contributed by atoms with E-state index in [1.54, 1.807) is 13.8 Å². The van der Waals surface area contributed by atoms with Crippen molar-refractivity contribution in [2.45, 2.75) is 39.2 Å². The fourth-order valence-electron chi connectivity index (χ4n) is 5.32.